The summed E-state index contributed by atoms with van der Waals surface area (Å²) in [5.41, 5.74) is 2.29. The molecule has 4 rings (SSSR count). The monoisotopic (exact) mass is 402 g/mol. The van der Waals surface area contributed by atoms with Crippen molar-refractivity contribution < 1.29 is 13.2 Å². The van der Waals surface area contributed by atoms with Crippen LogP contribution in [0.3, 0.4) is 0 Å². The van der Waals surface area contributed by atoms with Crippen molar-refractivity contribution in [2.45, 2.75) is 12.2 Å². The van der Waals surface area contributed by atoms with Crippen LogP contribution >= 0.6 is 11.3 Å². The maximum atomic E-state index is 12.8. The second-order valence-corrected chi connectivity index (χ2v) is 7.88. The van der Waals surface area contributed by atoms with E-state index in [1.165, 1.54) is 22.6 Å². The predicted octanol–water partition coefficient (Wildman–Crippen LogP) is 5.43. The van der Waals surface area contributed by atoms with E-state index < -0.39 is 11.7 Å². The van der Waals surface area contributed by atoms with Crippen molar-refractivity contribution in [2.75, 3.05) is 26.2 Å². The molecule has 0 aliphatic carbocycles. The lowest BCUT2D eigenvalue weighted by atomic mass is 9.98. The Balaban J connectivity index is 1.60. The first kappa shape index (κ1) is 19.2. The van der Waals surface area contributed by atoms with Gasteiger partial charge in [0.05, 0.1) is 11.6 Å². The SMILES string of the molecule is FC(F)(F)c1ccc(-c2ccc([C@@H](c3cccs3)N3CCNCC3)cc2)cc1. The second-order valence-electron chi connectivity index (χ2n) is 6.90. The maximum absolute atomic E-state index is 12.8. The number of benzene rings is 2. The number of hydrogen-bond donors (Lipinski definition) is 1. The molecule has 2 heterocycles. The van der Waals surface area contributed by atoms with Crippen LogP contribution in [0.15, 0.2) is 66.0 Å². The lowest BCUT2D eigenvalue weighted by Crippen LogP contribution is -2.45. The topological polar surface area (TPSA) is 15.3 Å². The van der Waals surface area contributed by atoms with Crippen molar-refractivity contribution in [1.29, 1.82) is 0 Å². The minimum atomic E-state index is -4.31. The fourth-order valence-electron chi connectivity index (χ4n) is 3.65. The molecule has 0 saturated carbocycles. The van der Waals surface area contributed by atoms with Crippen LogP contribution in [0.1, 0.15) is 22.0 Å². The predicted molar refractivity (Wildman–Crippen MR) is 107 cm³/mol. The Labute approximate surface area is 166 Å². The average Bonchev–Trinajstić information content (AvgIpc) is 3.23. The summed E-state index contributed by atoms with van der Waals surface area (Å²) in [6, 6.07) is 18.0. The molecule has 3 aromatic rings. The largest absolute Gasteiger partial charge is 0.416 e. The van der Waals surface area contributed by atoms with Crippen LogP contribution in [0.25, 0.3) is 11.1 Å². The quantitative estimate of drug-likeness (QED) is 0.626. The molecule has 1 aliphatic heterocycles. The van der Waals surface area contributed by atoms with Gasteiger partial charge in [-0.25, -0.2) is 0 Å². The normalized spacial score (nSPS) is 16.8. The smallest absolute Gasteiger partial charge is 0.314 e. The standard InChI is InChI=1S/C22H21F3N2S/c23-22(24,25)19-9-7-17(8-10-19)16-3-5-18(6-4-16)21(20-2-1-15-28-20)27-13-11-26-12-14-27/h1-10,15,21,26H,11-14H2/t21-/m0/s1. The molecule has 1 fully saturated rings. The van der Waals surface area contributed by atoms with Gasteiger partial charge in [0.25, 0.3) is 0 Å². The molecular weight excluding hydrogens is 381 g/mol. The lowest BCUT2D eigenvalue weighted by molar-refractivity contribution is -0.137. The van der Waals surface area contributed by atoms with E-state index in [9.17, 15) is 13.2 Å². The van der Waals surface area contributed by atoms with Crippen LogP contribution in [-0.2, 0) is 6.18 Å². The first-order valence-electron chi connectivity index (χ1n) is 9.28. The molecule has 1 aromatic heterocycles. The van der Waals surface area contributed by atoms with E-state index in [4.69, 9.17) is 0 Å². The fraction of sp³-hybridized carbons (Fsp3) is 0.273. The molecule has 0 unspecified atom stereocenters. The Kier molecular flexibility index (Phi) is 5.53. The number of thiophene rings is 1. The third kappa shape index (κ3) is 4.14. The van der Waals surface area contributed by atoms with Gasteiger partial charge in [0.2, 0.25) is 0 Å². The number of halogens is 3. The Morgan fingerprint density at radius 2 is 1.46 bits per heavy atom. The van der Waals surface area contributed by atoms with E-state index in [-0.39, 0.29) is 6.04 Å². The molecule has 0 spiro atoms. The van der Waals surface area contributed by atoms with E-state index in [1.807, 2.05) is 12.1 Å². The minimum Gasteiger partial charge on any atom is -0.314 e. The molecule has 2 aromatic carbocycles. The van der Waals surface area contributed by atoms with Gasteiger partial charge in [-0.05, 0) is 40.3 Å². The van der Waals surface area contributed by atoms with Crippen molar-refractivity contribution >= 4 is 11.3 Å². The van der Waals surface area contributed by atoms with Crippen LogP contribution in [0.2, 0.25) is 0 Å². The molecule has 146 valence electrons. The van der Waals surface area contributed by atoms with Crippen LogP contribution in [0, 0.1) is 0 Å². The molecule has 0 radical (unpaired) electrons. The molecule has 1 atom stereocenters. The van der Waals surface area contributed by atoms with Gasteiger partial charge >= 0.3 is 6.18 Å². The van der Waals surface area contributed by atoms with E-state index in [0.717, 1.165) is 49.4 Å². The molecule has 1 N–H and O–H groups in total. The molecule has 0 amide bonds. The second kappa shape index (κ2) is 8.07. The highest BCUT2D eigenvalue weighted by Gasteiger charge is 2.30. The van der Waals surface area contributed by atoms with Crippen LogP contribution in [0.5, 0.6) is 0 Å². The Hall–Kier alpha value is -2.15. The lowest BCUT2D eigenvalue weighted by Gasteiger charge is -2.34. The van der Waals surface area contributed by atoms with Crippen molar-refractivity contribution in [3.05, 3.63) is 82.0 Å². The van der Waals surface area contributed by atoms with Gasteiger partial charge in [-0.15, -0.1) is 11.3 Å². The Morgan fingerprint density at radius 3 is 2.00 bits per heavy atom. The number of nitrogens with zero attached hydrogens (tertiary/aromatic N) is 1. The summed E-state index contributed by atoms with van der Waals surface area (Å²) in [5.74, 6) is 0. The van der Waals surface area contributed by atoms with Crippen LogP contribution in [-0.4, -0.2) is 31.1 Å². The van der Waals surface area contributed by atoms with Gasteiger partial charge in [0, 0.05) is 31.1 Å². The van der Waals surface area contributed by atoms with Crippen molar-refractivity contribution in [3.8, 4) is 11.1 Å². The van der Waals surface area contributed by atoms with E-state index in [2.05, 4.69) is 39.9 Å². The zero-order valence-corrected chi connectivity index (χ0v) is 16.1. The molecule has 6 heteroatoms. The van der Waals surface area contributed by atoms with Gasteiger partial charge in [-0.3, -0.25) is 4.90 Å². The number of nitrogens with one attached hydrogen (secondary N) is 1. The molecule has 0 bridgehead atoms. The maximum Gasteiger partial charge on any atom is 0.416 e. The third-order valence-electron chi connectivity index (χ3n) is 5.10. The van der Waals surface area contributed by atoms with E-state index >= 15 is 0 Å². The molecule has 1 aliphatic rings. The fourth-order valence-corrected chi connectivity index (χ4v) is 4.54. The summed E-state index contributed by atoms with van der Waals surface area (Å²) in [6.07, 6.45) is -4.31. The molecule has 28 heavy (non-hydrogen) atoms. The van der Waals surface area contributed by atoms with Crippen molar-refractivity contribution in [2.24, 2.45) is 0 Å². The molecule has 2 nitrogen and oxygen atoms in total. The summed E-state index contributed by atoms with van der Waals surface area (Å²) in [4.78, 5) is 3.79. The summed E-state index contributed by atoms with van der Waals surface area (Å²) < 4.78 is 38.3. The zero-order valence-electron chi connectivity index (χ0n) is 15.2. The van der Waals surface area contributed by atoms with Crippen molar-refractivity contribution in [1.82, 2.24) is 10.2 Å². The van der Waals surface area contributed by atoms with Gasteiger partial charge in [-0.2, -0.15) is 13.2 Å². The molecular formula is C22H21F3N2S. The minimum absolute atomic E-state index is 0.212. The first-order chi connectivity index (χ1) is 13.5. The first-order valence-corrected chi connectivity index (χ1v) is 10.2. The number of rotatable bonds is 4. The summed E-state index contributed by atoms with van der Waals surface area (Å²) in [7, 11) is 0. The highest BCUT2D eigenvalue weighted by Crippen LogP contribution is 2.34. The Morgan fingerprint density at radius 1 is 0.857 bits per heavy atom. The summed E-state index contributed by atoms with van der Waals surface area (Å²) >= 11 is 1.76. The number of piperazine rings is 1. The van der Waals surface area contributed by atoms with Crippen molar-refractivity contribution in [3.63, 3.8) is 0 Å². The average molecular weight is 402 g/mol. The highest BCUT2D eigenvalue weighted by atomic mass is 32.1. The number of hydrogen-bond acceptors (Lipinski definition) is 3. The van der Waals surface area contributed by atoms with E-state index in [1.54, 1.807) is 11.3 Å². The molecule has 1 saturated heterocycles. The zero-order chi connectivity index (χ0) is 19.6. The van der Waals surface area contributed by atoms with E-state index in [0.29, 0.717) is 0 Å². The van der Waals surface area contributed by atoms with Crippen LogP contribution in [0.4, 0.5) is 13.2 Å². The van der Waals surface area contributed by atoms with Gasteiger partial charge in [0.15, 0.2) is 0 Å². The Bertz CT molecular complexity index is 881. The van der Waals surface area contributed by atoms with Gasteiger partial charge in [-0.1, -0.05) is 42.5 Å². The summed E-state index contributed by atoms with van der Waals surface area (Å²) in [6.45, 7) is 3.93. The third-order valence-corrected chi connectivity index (χ3v) is 6.03. The summed E-state index contributed by atoms with van der Waals surface area (Å²) in [5, 5.41) is 5.49. The van der Waals surface area contributed by atoms with Gasteiger partial charge in [0.1, 0.15) is 0 Å². The highest BCUT2D eigenvalue weighted by molar-refractivity contribution is 7.10. The van der Waals surface area contributed by atoms with Gasteiger partial charge < -0.3 is 5.32 Å². The number of alkyl halides is 3. The van der Waals surface area contributed by atoms with Crippen LogP contribution < -0.4 is 5.32 Å².